The van der Waals surface area contributed by atoms with E-state index in [0.717, 1.165) is 32.1 Å². The minimum atomic E-state index is 0.743. The van der Waals surface area contributed by atoms with Crippen LogP contribution in [0.4, 0.5) is 0 Å². The van der Waals surface area contributed by atoms with Crippen molar-refractivity contribution in [2.75, 3.05) is 19.6 Å². The Kier molecular flexibility index (Phi) is 6.99. The molecule has 1 aromatic carbocycles. The summed E-state index contributed by atoms with van der Waals surface area (Å²) in [4.78, 5) is 0. The third-order valence-electron chi connectivity index (χ3n) is 3.08. The standard InChI is InChI=1S/C16H28N2/c1-13(2)11-17-8-5-9-18-12-16-10-14(3)6-7-15(16)4/h6-7,10,13,17-18H,5,8-9,11-12H2,1-4H3. The number of aryl methyl sites for hydroxylation is 2. The van der Waals surface area contributed by atoms with Crippen molar-refractivity contribution < 1.29 is 0 Å². The maximum Gasteiger partial charge on any atom is 0.0208 e. The fourth-order valence-electron chi connectivity index (χ4n) is 1.94. The van der Waals surface area contributed by atoms with Crippen LogP contribution in [0.25, 0.3) is 0 Å². The van der Waals surface area contributed by atoms with Gasteiger partial charge in [0.2, 0.25) is 0 Å². The van der Waals surface area contributed by atoms with Crippen LogP contribution in [0, 0.1) is 19.8 Å². The predicted molar refractivity (Wildman–Crippen MR) is 79.9 cm³/mol. The molecule has 0 bridgehead atoms. The van der Waals surface area contributed by atoms with Gasteiger partial charge in [0.25, 0.3) is 0 Å². The van der Waals surface area contributed by atoms with E-state index >= 15 is 0 Å². The van der Waals surface area contributed by atoms with Crippen LogP contribution in [0.1, 0.15) is 37.0 Å². The SMILES string of the molecule is Cc1ccc(C)c(CNCCCNCC(C)C)c1. The molecule has 0 heterocycles. The van der Waals surface area contributed by atoms with Crippen molar-refractivity contribution >= 4 is 0 Å². The highest BCUT2D eigenvalue weighted by Crippen LogP contribution is 2.09. The number of hydrogen-bond donors (Lipinski definition) is 2. The first kappa shape index (κ1) is 15.2. The molecule has 0 amide bonds. The highest BCUT2D eigenvalue weighted by Gasteiger charge is 1.98. The van der Waals surface area contributed by atoms with Gasteiger partial charge < -0.3 is 10.6 Å². The largest absolute Gasteiger partial charge is 0.316 e. The van der Waals surface area contributed by atoms with Gasteiger partial charge in [0.05, 0.1) is 0 Å². The summed E-state index contributed by atoms with van der Waals surface area (Å²) in [7, 11) is 0. The van der Waals surface area contributed by atoms with Crippen molar-refractivity contribution in [3.05, 3.63) is 34.9 Å². The van der Waals surface area contributed by atoms with Crippen molar-refractivity contribution in [3.63, 3.8) is 0 Å². The van der Waals surface area contributed by atoms with Crippen molar-refractivity contribution in [1.29, 1.82) is 0 Å². The van der Waals surface area contributed by atoms with Crippen LogP contribution in [0.15, 0.2) is 18.2 Å². The van der Waals surface area contributed by atoms with Crippen LogP contribution in [0.3, 0.4) is 0 Å². The van der Waals surface area contributed by atoms with Crippen LogP contribution in [-0.4, -0.2) is 19.6 Å². The molecule has 0 aliphatic heterocycles. The van der Waals surface area contributed by atoms with Crippen molar-refractivity contribution in [3.8, 4) is 0 Å². The molecule has 2 heteroatoms. The van der Waals surface area contributed by atoms with Crippen molar-refractivity contribution in [2.45, 2.75) is 40.7 Å². The molecule has 0 fully saturated rings. The number of hydrogen-bond acceptors (Lipinski definition) is 2. The lowest BCUT2D eigenvalue weighted by atomic mass is 10.1. The zero-order valence-corrected chi connectivity index (χ0v) is 12.3. The van der Waals surface area contributed by atoms with Gasteiger partial charge in [0.15, 0.2) is 0 Å². The highest BCUT2D eigenvalue weighted by atomic mass is 14.9. The Labute approximate surface area is 112 Å². The second-order valence-corrected chi connectivity index (χ2v) is 5.56. The predicted octanol–water partition coefficient (Wildman–Crippen LogP) is 3.03. The molecular weight excluding hydrogens is 220 g/mol. The van der Waals surface area contributed by atoms with Gasteiger partial charge in [-0.2, -0.15) is 0 Å². The molecule has 0 atom stereocenters. The fourth-order valence-corrected chi connectivity index (χ4v) is 1.94. The fraction of sp³-hybridized carbons (Fsp3) is 0.625. The number of nitrogens with one attached hydrogen (secondary N) is 2. The van der Waals surface area contributed by atoms with Gasteiger partial charge in [-0.3, -0.25) is 0 Å². The summed E-state index contributed by atoms with van der Waals surface area (Å²) in [5.41, 5.74) is 4.15. The van der Waals surface area contributed by atoms with E-state index in [2.05, 4.69) is 56.5 Å². The summed E-state index contributed by atoms with van der Waals surface area (Å²) >= 11 is 0. The van der Waals surface area contributed by atoms with Crippen LogP contribution in [0.2, 0.25) is 0 Å². The summed E-state index contributed by atoms with van der Waals surface area (Å²) in [6.07, 6.45) is 1.19. The summed E-state index contributed by atoms with van der Waals surface area (Å²) in [6, 6.07) is 6.66. The Hall–Kier alpha value is -0.860. The molecule has 0 unspecified atom stereocenters. The highest BCUT2D eigenvalue weighted by molar-refractivity contribution is 5.30. The van der Waals surface area contributed by atoms with Gasteiger partial charge in [-0.1, -0.05) is 37.6 Å². The van der Waals surface area contributed by atoms with E-state index in [0.29, 0.717) is 0 Å². The Morgan fingerprint density at radius 1 is 1.06 bits per heavy atom. The monoisotopic (exact) mass is 248 g/mol. The molecule has 1 rings (SSSR count). The minimum absolute atomic E-state index is 0.743. The number of rotatable bonds is 8. The molecule has 0 radical (unpaired) electrons. The van der Waals surface area contributed by atoms with Gasteiger partial charge in [-0.25, -0.2) is 0 Å². The van der Waals surface area contributed by atoms with Crippen LogP contribution in [-0.2, 0) is 6.54 Å². The van der Waals surface area contributed by atoms with Crippen LogP contribution >= 0.6 is 0 Å². The van der Waals surface area contributed by atoms with Crippen LogP contribution in [0.5, 0.6) is 0 Å². The molecule has 0 aromatic heterocycles. The van der Waals surface area contributed by atoms with Crippen molar-refractivity contribution in [1.82, 2.24) is 10.6 Å². The van der Waals surface area contributed by atoms with E-state index < -0.39 is 0 Å². The number of benzene rings is 1. The van der Waals surface area contributed by atoms with E-state index in [9.17, 15) is 0 Å². The van der Waals surface area contributed by atoms with E-state index in [4.69, 9.17) is 0 Å². The Morgan fingerprint density at radius 3 is 2.50 bits per heavy atom. The zero-order valence-electron chi connectivity index (χ0n) is 12.3. The first-order valence-corrected chi connectivity index (χ1v) is 7.07. The van der Waals surface area contributed by atoms with E-state index in [-0.39, 0.29) is 0 Å². The molecule has 2 N–H and O–H groups in total. The zero-order chi connectivity index (χ0) is 13.4. The maximum absolute atomic E-state index is 3.52. The lowest BCUT2D eigenvalue weighted by Crippen LogP contribution is -2.24. The second kappa shape index (κ2) is 8.28. The molecule has 0 aliphatic rings. The van der Waals surface area contributed by atoms with Gasteiger partial charge in [-0.05, 0) is 56.9 Å². The maximum atomic E-state index is 3.52. The van der Waals surface area contributed by atoms with Crippen molar-refractivity contribution in [2.24, 2.45) is 5.92 Å². The Bertz CT molecular complexity index is 345. The molecule has 18 heavy (non-hydrogen) atoms. The lowest BCUT2D eigenvalue weighted by Gasteiger charge is -2.10. The summed E-state index contributed by atoms with van der Waals surface area (Å²) in [5.74, 6) is 0.743. The third kappa shape index (κ3) is 6.18. The summed E-state index contributed by atoms with van der Waals surface area (Å²) in [6.45, 7) is 13.1. The van der Waals surface area contributed by atoms with E-state index in [1.165, 1.54) is 23.1 Å². The molecule has 2 nitrogen and oxygen atoms in total. The van der Waals surface area contributed by atoms with Gasteiger partial charge in [-0.15, -0.1) is 0 Å². The van der Waals surface area contributed by atoms with E-state index in [1.807, 2.05) is 0 Å². The Balaban J connectivity index is 2.12. The van der Waals surface area contributed by atoms with E-state index in [1.54, 1.807) is 0 Å². The normalized spacial score (nSPS) is 11.2. The average molecular weight is 248 g/mol. The average Bonchev–Trinajstić information content (AvgIpc) is 2.32. The third-order valence-corrected chi connectivity index (χ3v) is 3.08. The van der Waals surface area contributed by atoms with Gasteiger partial charge in [0.1, 0.15) is 0 Å². The minimum Gasteiger partial charge on any atom is -0.316 e. The molecule has 0 aliphatic carbocycles. The molecular formula is C16H28N2. The van der Waals surface area contributed by atoms with Gasteiger partial charge >= 0.3 is 0 Å². The molecule has 1 aromatic rings. The first-order chi connectivity index (χ1) is 8.59. The van der Waals surface area contributed by atoms with Crippen LogP contribution < -0.4 is 10.6 Å². The quantitative estimate of drug-likeness (QED) is 0.691. The van der Waals surface area contributed by atoms with Gasteiger partial charge in [0, 0.05) is 6.54 Å². The lowest BCUT2D eigenvalue weighted by molar-refractivity contribution is 0.530. The first-order valence-electron chi connectivity index (χ1n) is 7.07. The molecule has 0 saturated carbocycles. The smallest absolute Gasteiger partial charge is 0.0208 e. The Morgan fingerprint density at radius 2 is 1.78 bits per heavy atom. The second-order valence-electron chi connectivity index (χ2n) is 5.56. The summed E-state index contributed by atoms with van der Waals surface area (Å²) < 4.78 is 0. The molecule has 0 spiro atoms. The molecule has 102 valence electrons. The summed E-state index contributed by atoms with van der Waals surface area (Å²) in [5, 5.41) is 6.98. The molecule has 0 saturated heterocycles. The topological polar surface area (TPSA) is 24.1 Å².